The molecular formula is C13H20BrFN2O3S. The minimum Gasteiger partial charge on any atom is -0.399 e. The number of ether oxygens (including phenoxy) is 1. The van der Waals surface area contributed by atoms with E-state index in [2.05, 4.69) is 15.9 Å². The van der Waals surface area contributed by atoms with Crippen LogP contribution in [0.2, 0.25) is 0 Å². The highest BCUT2D eigenvalue weighted by atomic mass is 79.9. The number of rotatable bonds is 7. The molecule has 2 N–H and O–H groups in total. The predicted molar refractivity (Wildman–Crippen MR) is 84.0 cm³/mol. The van der Waals surface area contributed by atoms with Crippen LogP contribution in [0.5, 0.6) is 0 Å². The molecule has 1 rings (SSSR count). The van der Waals surface area contributed by atoms with E-state index in [0.717, 1.165) is 6.07 Å². The second-order valence-corrected chi connectivity index (χ2v) is 7.39. The molecule has 0 fully saturated rings. The lowest BCUT2D eigenvalue weighted by Crippen LogP contribution is -2.40. The van der Waals surface area contributed by atoms with Crippen molar-refractivity contribution in [1.29, 1.82) is 0 Å². The summed E-state index contributed by atoms with van der Waals surface area (Å²) in [5, 5.41) is 0. The van der Waals surface area contributed by atoms with Crippen LogP contribution in [0.3, 0.4) is 0 Å². The molecule has 0 aliphatic rings. The Kier molecular flexibility index (Phi) is 6.58. The lowest BCUT2D eigenvalue weighted by atomic mass is 10.3. The monoisotopic (exact) mass is 382 g/mol. The fraction of sp³-hybridized carbons (Fsp3) is 0.538. The van der Waals surface area contributed by atoms with E-state index in [1.165, 1.54) is 17.5 Å². The van der Waals surface area contributed by atoms with Gasteiger partial charge in [-0.1, -0.05) is 6.92 Å². The van der Waals surface area contributed by atoms with Crippen LogP contribution >= 0.6 is 15.9 Å². The number of benzene rings is 1. The van der Waals surface area contributed by atoms with E-state index in [0.29, 0.717) is 6.42 Å². The topological polar surface area (TPSA) is 72.6 Å². The molecule has 0 heterocycles. The molecule has 0 aromatic heterocycles. The van der Waals surface area contributed by atoms with Crippen LogP contribution in [0.15, 0.2) is 21.5 Å². The predicted octanol–water partition coefficient (Wildman–Crippen LogP) is 2.61. The minimum absolute atomic E-state index is 0.0249. The van der Waals surface area contributed by atoms with Gasteiger partial charge in [0.1, 0.15) is 4.90 Å². The SMILES string of the molecule is CCC(C)N(CCOC)S(=O)(=O)c1cc(N)cc(Br)c1F. The molecule has 8 heteroatoms. The first kappa shape index (κ1) is 18.3. The van der Waals surface area contributed by atoms with Crippen molar-refractivity contribution in [1.82, 2.24) is 4.31 Å². The van der Waals surface area contributed by atoms with Gasteiger partial charge in [-0.15, -0.1) is 0 Å². The highest BCUT2D eigenvalue weighted by Crippen LogP contribution is 2.29. The number of halogens is 2. The van der Waals surface area contributed by atoms with Crippen molar-refractivity contribution in [3.8, 4) is 0 Å². The molecule has 0 amide bonds. The number of methoxy groups -OCH3 is 1. The number of nitrogen functional groups attached to an aromatic ring is 1. The van der Waals surface area contributed by atoms with E-state index in [-0.39, 0.29) is 29.4 Å². The van der Waals surface area contributed by atoms with Crippen molar-refractivity contribution < 1.29 is 17.5 Å². The first-order valence-corrected chi connectivity index (χ1v) is 8.74. The molecule has 0 radical (unpaired) electrons. The Balaban J connectivity index is 3.35. The lowest BCUT2D eigenvalue weighted by molar-refractivity contribution is 0.167. The molecule has 0 bridgehead atoms. The summed E-state index contributed by atoms with van der Waals surface area (Å²) in [6.07, 6.45) is 0.605. The summed E-state index contributed by atoms with van der Waals surface area (Å²) in [6, 6.07) is 2.19. The van der Waals surface area contributed by atoms with Crippen LogP contribution in [-0.2, 0) is 14.8 Å². The summed E-state index contributed by atoms with van der Waals surface area (Å²) >= 11 is 2.98. The highest BCUT2D eigenvalue weighted by Gasteiger charge is 2.31. The average Bonchev–Trinajstić information content (AvgIpc) is 2.42. The smallest absolute Gasteiger partial charge is 0.246 e. The quantitative estimate of drug-likeness (QED) is 0.735. The van der Waals surface area contributed by atoms with Crippen molar-refractivity contribution in [3.05, 3.63) is 22.4 Å². The van der Waals surface area contributed by atoms with Crippen molar-refractivity contribution >= 4 is 31.6 Å². The third-order valence-corrected chi connectivity index (χ3v) is 5.79. The third-order valence-electron chi connectivity index (χ3n) is 3.20. The summed E-state index contributed by atoms with van der Waals surface area (Å²) in [6.45, 7) is 4.02. The highest BCUT2D eigenvalue weighted by molar-refractivity contribution is 9.10. The van der Waals surface area contributed by atoms with Gasteiger partial charge in [-0.05, 0) is 41.4 Å². The summed E-state index contributed by atoms with van der Waals surface area (Å²) in [5.74, 6) is -0.838. The molecule has 0 saturated carbocycles. The average molecular weight is 383 g/mol. The molecule has 1 aromatic carbocycles. The van der Waals surface area contributed by atoms with Crippen LogP contribution in [-0.4, -0.2) is 39.0 Å². The zero-order chi connectivity index (χ0) is 16.2. The number of anilines is 1. The van der Waals surface area contributed by atoms with Gasteiger partial charge in [0.15, 0.2) is 5.82 Å². The molecule has 0 aliphatic carbocycles. The summed E-state index contributed by atoms with van der Waals surface area (Å²) in [5.41, 5.74) is 5.81. The van der Waals surface area contributed by atoms with E-state index in [1.54, 1.807) is 6.92 Å². The number of nitrogens with two attached hydrogens (primary N) is 1. The standard InChI is InChI=1S/C13H20BrFN2O3S/c1-4-9(2)17(5-6-20-3)21(18,19)12-8-10(16)7-11(14)13(12)15/h7-9H,4-6,16H2,1-3H3. The molecule has 21 heavy (non-hydrogen) atoms. The van der Waals surface area contributed by atoms with Gasteiger partial charge in [0.25, 0.3) is 0 Å². The van der Waals surface area contributed by atoms with Crippen molar-refractivity contribution in [2.45, 2.75) is 31.2 Å². The van der Waals surface area contributed by atoms with Crippen LogP contribution in [0.4, 0.5) is 10.1 Å². The maximum atomic E-state index is 14.2. The summed E-state index contributed by atoms with van der Waals surface area (Å²) in [7, 11) is -2.51. The van der Waals surface area contributed by atoms with Crippen LogP contribution in [0.25, 0.3) is 0 Å². The number of hydrogen-bond acceptors (Lipinski definition) is 4. The molecule has 0 spiro atoms. The number of hydrogen-bond donors (Lipinski definition) is 1. The van der Waals surface area contributed by atoms with Crippen molar-refractivity contribution in [2.24, 2.45) is 0 Å². The van der Waals surface area contributed by atoms with Gasteiger partial charge in [0, 0.05) is 25.4 Å². The molecular weight excluding hydrogens is 363 g/mol. The molecule has 1 aromatic rings. The first-order chi connectivity index (χ1) is 9.75. The maximum absolute atomic E-state index is 14.2. The normalized spacial score (nSPS) is 13.6. The Morgan fingerprint density at radius 2 is 2.10 bits per heavy atom. The number of sulfonamides is 1. The summed E-state index contributed by atoms with van der Waals surface area (Å²) < 4.78 is 45.8. The Hall–Kier alpha value is -0.700. The summed E-state index contributed by atoms with van der Waals surface area (Å²) in [4.78, 5) is -0.425. The van der Waals surface area contributed by atoms with Gasteiger partial charge in [0.2, 0.25) is 10.0 Å². The zero-order valence-electron chi connectivity index (χ0n) is 12.3. The Morgan fingerprint density at radius 3 is 2.62 bits per heavy atom. The maximum Gasteiger partial charge on any atom is 0.246 e. The molecule has 1 atom stereocenters. The van der Waals surface area contributed by atoms with Gasteiger partial charge in [-0.2, -0.15) is 4.31 Å². The third kappa shape index (κ3) is 4.15. The van der Waals surface area contributed by atoms with Gasteiger partial charge < -0.3 is 10.5 Å². The van der Waals surface area contributed by atoms with Crippen LogP contribution in [0, 0.1) is 5.82 Å². The van der Waals surface area contributed by atoms with Gasteiger partial charge >= 0.3 is 0 Å². The van der Waals surface area contributed by atoms with E-state index < -0.39 is 20.7 Å². The van der Waals surface area contributed by atoms with Crippen LogP contribution < -0.4 is 5.73 Å². The van der Waals surface area contributed by atoms with Crippen molar-refractivity contribution in [3.63, 3.8) is 0 Å². The molecule has 0 aliphatic heterocycles. The van der Waals surface area contributed by atoms with E-state index in [4.69, 9.17) is 10.5 Å². The minimum atomic E-state index is -3.99. The Morgan fingerprint density at radius 1 is 1.48 bits per heavy atom. The van der Waals surface area contributed by atoms with Gasteiger partial charge in [-0.3, -0.25) is 0 Å². The zero-order valence-corrected chi connectivity index (χ0v) is 14.7. The molecule has 120 valence electrons. The van der Waals surface area contributed by atoms with E-state index >= 15 is 0 Å². The first-order valence-electron chi connectivity index (χ1n) is 6.51. The van der Waals surface area contributed by atoms with Gasteiger partial charge in [0.05, 0.1) is 11.1 Å². The molecule has 5 nitrogen and oxygen atoms in total. The largest absolute Gasteiger partial charge is 0.399 e. The number of nitrogens with zero attached hydrogens (tertiary/aromatic N) is 1. The fourth-order valence-corrected chi connectivity index (χ4v) is 4.28. The molecule has 0 saturated heterocycles. The second kappa shape index (κ2) is 7.53. The molecule has 1 unspecified atom stereocenters. The van der Waals surface area contributed by atoms with Gasteiger partial charge in [-0.25, -0.2) is 12.8 Å². The Bertz CT molecular complexity index is 595. The van der Waals surface area contributed by atoms with Crippen molar-refractivity contribution in [2.75, 3.05) is 26.0 Å². The Labute approximate surface area is 133 Å². The van der Waals surface area contributed by atoms with E-state index in [9.17, 15) is 12.8 Å². The fourth-order valence-electron chi connectivity index (χ4n) is 1.86. The second-order valence-electron chi connectivity index (χ2n) is 4.68. The van der Waals surface area contributed by atoms with Crippen LogP contribution in [0.1, 0.15) is 20.3 Å². The van der Waals surface area contributed by atoms with E-state index in [1.807, 2.05) is 6.92 Å². The lowest BCUT2D eigenvalue weighted by Gasteiger charge is -2.27.